The van der Waals surface area contributed by atoms with Crippen LogP contribution in [0.1, 0.15) is 26.2 Å². The maximum absolute atomic E-state index is 12.9. The highest BCUT2D eigenvalue weighted by Crippen LogP contribution is 2.59. The molecule has 4 atom stereocenters. The molecule has 4 nitrogen and oxygen atoms in total. The number of carbonyl (C=O) groups is 2. The molecule has 0 aromatic heterocycles. The molecule has 1 saturated heterocycles. The molecular weight excluding hydrogens is 266 g/mol. The normalized spacial score (nSPS) is 41.8. The van der Waals surface area contributed by atoms with Crippen molar-refractivity contribution in [3.8, 4) is 0 Å². The van der Waals surface area contributed by atoms with Gasteiger partial charge in [-0.2, -0.15) is 0 Å². The van der Waals surface area contributed by atoms with Crippen LogP contribution in [-0.2, 0) is 9.59 Å². The second-order valence-electron chi connectivity index (χ2n) is 7.46. The number of nitrogens with zero attached hydrogens (tertiary/aromatic N) is 1. The SMILES string of the molecule is C[C@]12CN(C(=O)C3(C(=O)O)CC=CC3)C[C@H]1[C@H]1C=C[C@@H]2C1. The van der Waals surface area contributed by atoms with E-state index in [9.17, 15) is 14.7 Å². The topological polar surface area (TPSA) is 57.6 Å². The van der Waals surface area contributed by atoms with Gasteiger partial charge in [0.1, 0.15) is 0 Å². The standard InChI is InChI=1S/C17H21NO3/c1-16-10-18(9-13(16)11-4-5-12(16)8-11)14(19)17(15(20)21)6-2-3-7-17/h2-5,11-13H,6-10H2,1H3,(H,20,21)/t11-,12+,13-,16+/m0/s1. The van der Waals surface area contributed by atoms with E-state index >= 15 is 0 Å². The molecular formula is C17H21NO3. The van der Waals surface area contributed by atoms with E-state index in [0.717, 1.165) is 13.1 Å². The number of aliphatic carboxylic acids is 1. The number of amides is 1. The van der Waals surface area contributed by atoms with E-state index in [2.05, 4.69) is 19.1 Å². The summed E-state index contributed by atoms with van der Waals surface area (Å²) in [5.74, 6) is 0.514. The summed E-state index contributed by atoms with van der Waals surface area (Å²) in [6.45, 7) is 3.73. The Bertz CT molecular complexity index is 571. The van der Waals surface area contributed by atoms with Crippen LogP contribution in [0.5, 0.6) is 0 Å². The summed E-state index contributed by atoms with van der Waals surface area (Å²) in [5, 5.41) is 9.58. The average molecular weight is 287 g/mol. The zero-order valence-electron chi connectivity index (χ0n) is 12.3. The summed E-state index contributed by atoms with van der Waals surface area (Å²) in [4.78, 5) is 26.4. The van der Waals surface area contributed by atoms with E-state index in [1.807, 2.05) is 17.1 Å². The summed E-state index contributed by atoms with van der Waals surface area (Å²) in [6.07, 6.45) is 10.2. The smallest absolute Gasteiger partial charge is 0.319 e. The first-order chi connectivity index (χ1) is 9.97. The van der Waals surface area contributed by atoms with Crippen molar-refractivity contribution in [2.75, 3.05) is 13.1 Å². The molecule has 1 amide bonds. The van der Waals surface area contributed by atoms with Crippen molar-refractivity contribution >= 4 is 11.9 Å². The van der Waals surface area contributed by atoms with Crippen LogP contribution in [-0.4, -0.2) is 35.0 Å². The van der Waals surface area contributed by atoms with Gasteiger partial charge < -0.3 is 10.0 Å². The highest BCUT2D eigenvalue weighted by atomic mass is 16.4. The zero-order chi connectivity index (χ0) is 14.8. The lowest BCUT2D eigenvalue weighted by molar-refractivity contribution is -0.159. The third kappa shape index (κ3) is 1.51. The minimum absolute atomic E-state index is 0.154. The van der Waals surface area contributed by atoms with Gasteiger partial charge in [0.25, 0.3) is 0 Å². The molecule has 0 radical (unpaired) electrons. The van der Waals surface area contributed by atoms with E-state index in [-0.39, 0.29) is 11.3 Å². The number of carboxylic acids is 1. The van der Waals surface area contributed by atoms with Gasteiger partial charge in [0.15, 0.2) is 5.41 Å². The fourth-order valence-corrected chi connectivity index (χ4v) is 5.12. The molecule has 1 saturated carbocycles. The van der Waals surface area contributed by atoms with Crippen LogP contribution in [0.25, 0.3) is 0 Å². The van der Waals surface area contributed by atoms with Crippen molar-refractivity contribution in [2.24, 2.45) is 28.6 Å². The Morgan fingerprint density at radius 3 is 2.57 bits per heavy atom. The van der Waals surface area contributed by atoms with E-state index in [1.165, 1.54) is 6.42 Å². The van der Waals surface area contributed by atoms with Crippen LogP contribution in [0.4, 0.5) is 0 Å². The van der Waals surface area contributed by atoms with Crippen molar-refractivity contribution in [1.82, 2.24) is 4.90 Å². The first-order valence-electron chi connectivity index (χ1n) is 7.83. The Kier molecular flexibility index (Phi) is 2.49. The molecule has 0 aromatic carbocycles. The third-order valence-corrected chi connectivity index (χ3v) is 6.48. The zero-order valence-corrected chi connectivity index (χ0v) is 12.3. The molecule has 1 N–H and O–H groups in total. The van der Waals surface area contributed by atoms with Crippen molar-refractivity contribution < 1.29 is 14.7 Å². The van der Waals surface area contributed by atoms with Gasteiger partial charge >= 0.3 is 5.97 Å². The predicted molar refractivity (Wildman–Crippen MR) is 77.4 cm³/mol. The minimum Gasteiger partial charge on any atom is -0.480 e. The monoisotopic (exact) mass is 287 g/mol. The van der Waals surface area contributed by atoms with Crippen LogP contribution in [0, 0.1) is 28.6 Å². The molecule has 4 aliphatic rings. The number of likely N-dealkylation sites (tertiary alicyclic amines) is 1. The Morgan fingerprint density at radius 1 is 1.24 bits per heavy atom. The van der Waals surface area contributed by atoms with Gasteiger partial charge in [-0.3, -0.25) is 9.59 Å². The molecule has 112 valence electrons. The van der Waals surface area contributed by atoms with Gasteiger partial charge in [-0.1, -0.05) is 31.2 Å². The summed E-state index contributed by atoms with van der Waals surface area (Å²) in [7, 11) is 0. The summed E-state index contributed by atoms with van der Waals surface area (Å²) >= 11 is 0. The number of hydrogen-bond donors (Lipinski definition) is 1. The second-order valence-corrected chi connectivity index (χ2v) is 7.46. The maximum atomic E-state index is 12.9. The Balaban J connectivity index is 1.59. The molecule has 1 heterocycles. The Morgan fingerprint density at radius 2 is 1.95 bits per heavy atom. The van der Waals surface area contributed by atoms with E-state index in [0.29, 0.717) is 30.6 Å². The van der Waals surface area contributed by atoms with Crippen LogP contribution in [0.15, 0.2) is 24.3 Å². The predicted octanol–water partition coefficient (Wildman–Crippen LogP) is 2.08. The van der Waals surface area contributed by atoms with Crippen LogP contribution >= 0.6 is 0 Å². The number of fused-ring (bicyclic) bond motifs is 5. The molecule has 4 heteroatoms. The first-order valence-corrected chi connectivity index (χ1v) is 7.83. The lowest BCUT2D eigenvalue weighted by Crippen LogP contribution is -2.47. The molecule has 2 bridgehead atoms. The van der Waals surface area contributed by atoms with Crippen molar-refractivity contribution in [1.29, 1.82) is 0 Å². The third-order valence-electron chi connectivity index (χ3n) is 6.48. The van der Waals surface area contributed by atoms with Gasteiger partial charge in [-0.25, -0.2) is 0 Å². The molecule has 3 aliphatic carbocycles. The van der Waals surface area contributed by atoms with Crippen molar-refractivity contribution in [3.63, 3.8) is 0 Å². The van der Waals surface area contributed by atoms with Gasteiger partial charge in [-0.15, -0.1) is 0 Å². The van der Waals surface area contributed by atoms with E-state index in [1.54, 1.807) is 0 Å². The molecule has 0 spiro atoms. The van der Waals surface area contributed by atoms with E-state index < -0.39 is 11.4 Å². The molecule has 2 fully saturated rings. The van der Waals surface area contributed by atoms with Crippen LogP contribution in [0.2, 0.25) is 0 Å². The Hall–Kier alpha value is -1.58. The summed E-state index contributed by atoms with van der Waals surface area (Å²) in [5.41, 5.74) is -1.08. The van der Waals surface area contributed by atoms with Gasteiger partial charge in [0.2, 0.25) is 5.91 Å². The van der Waals surface area contributed by atoms with Gasteiger partial charge in [0, 0.05) is 13.1 Å². The lowest BCUT2D eigenvalue weighted by Gasteiger charge is -2.32. The number of allylic oxidation sites excluding steroid dienone is 4. The first kappa shape index (κ1) is 13.1. The Labute approximate surface area is 124 Å². The molecule has 4 rings (SSSR count). The molecule has 0 unspecified atom stereocenters. The second kappa shape index (κ2) is 3.99. The molecule has 0 aromatic rings. The summed E-state index contributed by atoms with van der Waals surface area (Å²) in [6, 6.07) is 0. The average Bonchev–Trinajstić information content (AvgIpc) is 3.18. The quantitative estimate of drug-likeness (QED) is 0.625. The summed E-state index contributed by atoms with van der Waals surface area (Å²) < 4.78 is 0. The lowest BCUT2D eigenvalue weighted by atomic mass is 9.72. The van der Waals surface area contributed by atoms with E-state index in [4.69, 9.17) is 0 Å². The number of carbonyl (C=O) groups excluding carboxylic acids is 1. The molecule has 1 aliphatic heterocycles. The van der Waals surface area contributed by atoms with Crippen molar-refractivity contribution in [3.05, 3.63) is 24.3 Å². The highest BCUT2D eigenvalue weighted by Gasteiger charge is 2.60. The number of rotatable bonds is 2. The fraction of sp³-hybridized carbons (Fsp3) is 0.647. The fourth-order valence-electron chi connectivity index (χ4n) is 5.12. The van der Waals surface area contributed by atoms with Crippen LogP contribution in [0.3, 0.4) is 0 Å². The van der Waals surface area contributed by atoms with Crippen LogP contribution < -0.4 is 0 Å². The van der Waals surface area contributed by atoms with Gasteiger partial charge in [-0.05, 0) is 42.4 Å². The molecule has 21 heavy (non-hydrogen) atoms. The van der Waals surface area contributed by atoms with Crippen molar-refractivity contribution in [2.45, 2.75) is 26.2 Å². The highest BCUT2D eigenvalue weighted by molar-refractivity contribution is 6.03. The maximum Gasteiger partial charge on any atom is 0.319 e. The largest absolute Gasteiger partial charge is 0.480 e. The number of hydrogen-bond acceptors (Lipinski definition) is 2. The van der Waals surface area contributed by atoms with Gasteiger partial charge in [0.05, 0.1) is 0 Å². The minimum atomic E-state index is -1.23. The number of carboxylic acid groups (broad SMARTS) is 1.